The highest BCUT2D eigenvalue weighted by atomic mass is 16.3. The van der Waals surface area contributed by atoms with E-state index in [4.69, 9.17) is 4.42 Å². The second kappa shape index (κ2) is 6.17. The van der Waals surface area contributed by atoms with Crippen molar-refractivity contribution in [1.82, 2.24) is 4.90 Å². The Morgan fingerprint density at radius 1 is 1.29 bits per heavy atom. The number of likely N-dealkylation sites (tertiary alicyclic amines) is 1. The third-order valence-electron chi connectivity index (χ3n) is 4.25. The van der Waals surface area contributed by atoms with Gasteiger partial charge in [0.2, 0.25) is 5.91 Å². The van der Waals surface area contributed by atoms with Crippen LogP contribution >= 0.6 is 0 Å². The minimum absolute atomic E-state index is 0.0303. The molecule has 110 valence electrons. The lowest BCUT2D eigenvalue weighted by Crippen LogP contribution is -2.34. The molecule has 0 saturated carbocycles. The molecule has 2 aromatic rings. The third-order valence-corrected chi connectivity index (χ3v) is 4.25. The predicted octanol–water partition coefficient (Wildman–Crippen LogP) is 3.47. The van der Waals surface area contributed by atoms with Crippen LogP contribution in [0.3, 0.4) is 0 Å². The number of hydrogen-bond donors (Lipinski definition) is 0. The fourth-order valence-corrected chi connectivity index (χ4v) is 3.08. The van der Waals surface area contributed by atoms with Crippen molar-refractivity contribution >= 4 is 5.91 Å². The summed E-state index contributed by atoms with van der Waals surface area (Å²) in [6.45, 7) is 3.64. The van der Waals surface area contributed by atoms with E-state index in [1.54, 1.807) is 6.26 Å². The molecule has 1 aliphatic rings. The van der Waals surface area contributed by atoms with Gasteiger partial charge < -0.3 is 9.32 Å². The van der Waals surface area contributed by atoms with Crippen LogP contribution in [0.25, 0.3) is 0 Å². The first-order chi connectivity index (χ1) is 10.2. The quantitative estimate of drug-likeness (QED) is 0.861. The number of benzene rings is 1. The zero-order chi connectivity index (χ0) is 14.7. The summed E-state index contributed by atoms with van der Waals surface area (Å²) in [5.74, 6) is 1.64. The molecule has 2 unspecified atom stereocenters. The molecular formula is C18H21NO2. The number of hydrogen-bond acceptors (Lipinski definition) is 2. The summed E-state index contributed by atoms with van der Waals surface area (Å²) >= 11 is 0. The molecule has 0 aliphatic carbocycles. The molecule has 1 aromatic heterocycles. The summed E-state index contributed by atoms with van der Waals surface area (Å²) < 4.78 is 5.46. The lowest BCUT2D eigenvalue weighted by molar-refractivity contribution is -0.133. The average molecular weight is 283 g/mol. The second-order valence-corrected chi connectivity index (χ2v) is 5.88. The van der Waals surface area contributed by atoms with Gasteiger partial charge in [0.1, 0.15) is 5.76 Å². The van der Waals surface area contributed by atoms with Gasteiger partial charge in [0.15, 0.2) is 0 Å². The maximum atomic E-state index is 12.6. The molecule has 3 heteroatoms. The smallest absolute Gasteiger partial charge is 0.225 e. The fourth-order valence-electron chi connectivity index (χ4n) is 3.08. The molecule has 2 heterocycles. The maximum absolute atomic E-state index is 12.6. The standard InChI is InChI=1S/C18H21NO2/c1-14(12-15-6-3-2-4-7-15)18(20)19-10-9-16(13-19)17-8-5-11-21-17/h2-8,11,14,16H,9-10,12-13H2,1H3. The molecule has 1 fully saturated rings. The van der Waals surface area contributed by atoms with Crippen LogP contribution in [-0.2, 0) is 11.2 Å². The van der Waals surface area contributed by atoms with Gasteiger partial charge >= 0.3 is 0 Å². The summed E-state index contributed by atoms with van der Waals surface area (Å²) in [4.78, 5) is 14.5. The topological polar surface area (TPSA) is 33.5 Å². The van der Waals surface area contributed by atoms with Gasteiger partial charge in [-0.15, -0.1) is 0 Å². The predicted molar refractivity (Wildman–Crippen MR) is 82.0 cm³/mol. The first-order valence-electron chi connectivity index (χ1n) is 7.60. The van der Waals surface area contributed by atoms with Crippen LogP contribution in [-0.4, -0.2) is 23.9 Å². The Bertz CT molecular complexity index is 577. The lowest BCUT2D eigenvalue weighted by atomic mass is 10.00. The molecule has 0 radical (unpaired) electrons. The minimum atomic E-state index is 0.0303. The van der Waals surface area contributed by atoms with Crippen molar-refractivity contribution in [1.29, 1.82) is 0 Å². The number of nitrogens with zero attached hydrogens (tertiary/aromatic N) is 1. The van der Waals surface area contributed by atoms with Gasteiger partial charge in [-0.25, -0.2) is 0 Å². The van der Waals surface area contributed by atoms with Crippen molar-refractivity contribution in [3.05, 3.63) is 60.1 Å². The number of carbonyl (C=O) groups is 1. The summed E-state index contributed by atoms with van der Waals surface area (Å²) in [5, 5.41) is 0. The Hall–Kier alpha value is -2.03. The largest absolute Gasteiger partial charge is 0.469 e. The number of amides is 1. The van der Waals surface area contributed by atoms with Gasteiger partial charge in [0, 0.05) is 24.9 Å². The van der Waals surface area contributed by atoms with Crippen molar-refractivity contribution in [2.45, 2.75) is 25.7 Å². The molecule has 1 aliphatic heterocycles. The zero-order valence-electron chi connectivity index (χ0n) is 12.4. The maximum Gasteiger partial charge on any atom is 0.225 e. The van der Waals surface area contributed by atoms with Gasteiger partial charge in [0.25, 0.3) is 0 Å². The van der Waals surface area contributed by atoms with E-state index in [9.17, 15) is 4.79 Å². The van der Waals surface area contributed by atoms with Gasteiger partial charge in [-0.2, -0.15) is 0 Å². The fraction of sp³-hybridized carbons (Fsp3) is 0.389. The molecule has 1 amide bonds. The van der Waals surface area contributed by atoms with Crippen LogP contribution < -0.4 is 0 Å². The summed E-state index contributed by atoms with van der Waals surface area (Å²) in [5.41, 5.74) is 1.22. The number of furan rings is 1. The molecule has 21 heavy (non-hydrogen) atoms. The summed E-state index contributed by atoms with van der Waals surface area (Å²) in [7, 11) is 0. The molecule has 3 nitrogen and oxygen atoms in total. The van der Waals surface area contributed by atoms with Crippen LogP contribution in [0.5, 0.6) is 0 Å². The Balaban J connectivity index is 1.58. The Morgan fingerprint density at radius 2 is 2.10 bits per heavy atom. The monoisotopic (exact) mass is 283 g/mol. The lowest BCUT2D eigenvalue weighted by Gasteiger charge is -2.21. The van der Waals surface area contributed by atoms with Gasteiger partial charge in [-0.3, -0.25) is 4.79 Å². The van der Waals surface area contributed by atoms with Crippen LogP contribution in [0.1, 0.15) is 30.6 Å². The average Bonchev–Trinajstić information content (AvgIpc) is 3.18. The van der Waals surface area contributed by atoms with Gasteiger partial charge in [-0.05, 0) is 30.5 Å². The SMILES string of the molecule is CC(Cc1ccccc1)C(=O)N1CCC(c2ccco2)C1. The van der Waals surface area contributed by atoms with E-state index in [2.05, 4.69) is 12.1 Å². The van der Waals surface area contributed by atoms with E-state index in [-0.39, 0.29) is 11.8 Å². The Kier molecular flexibility index (Phi) is 4.09. The zero-order valence-corrected chi connectivity index (χ0v) is 12.4. The van der Waals surface area contributed by atoms with E-state index in [1.807, 2.05) is 42.2 Å². The van der Waals surface area contributed by atoms with Crippen molar-refractivity contribution in [3.63, 3.8) is 0 Å². The molecule has 1 aromatic carbocycles. The second-order valence-electron chi connectivity index (χ2n) is 5.88. The highest BCUT2D eigenvalue weighted by molar-refractivity contribution is 5.79. The van der Waals surface area contributed by atoms with E-state index in [0.29, 0.717) is 5.92 Å². The molecule has 2 atom stereocenters. The van der Waals surface area contributed by atoms with Crippen LogP contribution in [0.2, 0.25) is 0 Å². The van der Waals surface area contributed by atoms with Crippen LogP contribution in [0.15, 0.2) is 53.1 Å². The number of rotatable bonds is 4. The molecule has 0 spiro atoms. The van der Waals surface area contributed by atoms with Crippen LogP contribution in [0, 0.1) is 5.92 Å². The molecule has 3 rings (SSSR count). The molecule has 0 bridgehead atoms. The first kappa shape index (κ1) is 13.9. The normalized spacial score (nSPS) is 19.7. The van der Waals surface area contributed by atoms with Gasteiger partial charge in [-0.1, -0.05) is 37.3 Å². The van der Waals surface area contributed by atoms with Crippen molar-refractivity contribution in [3.8, 4) is 0 Å². The van der Waals surface area contributed by atoms with E-state index in [0.717, 1.165) is 31.7 Å². The highest BCUT2D eigenvalue weighted by Crippen LogP contribution is 2.28. The Morgan fingerprint density at radius 3 is 2.81 bits per heavy atom. The highest BCUT2D eigenvalue weighted by Gasteiger charge is 2.30. The van der Waals surface area contributed by atoms with Gasteiger partial charge in [0.05, 0.1) is 6.26 Å². The van der Waals surface area contributed by atoms with Crippen molar-refractivity contribution < 1.29 is 9.21 Å². The van der Waals surface area contributed by atoms with E-state index < -0.39 is 0 Å². The Labute approximate surface area is 125 Å². The number of carbonyl (C=O) groups excluding carboxylic acids is 1. The summed E-state index contributed by atoms with van der Waals surface area (Å²) in [6.07, 6.45) is 3.51. The van der Waals surface area contributed by atoms with Crippen molar-refractivity contribution in [2.75, 3.05) is 13.1 Å². The van der Waals surface area contributed by atoms with E-state index >= 15 is 0 Å². The molecular weight excluding hydrogens is 262 g/mol. The van der Waals surface area contributed by atoms with Crippen LogP contribution in [0.4, 0.5) is 0 Å². The first-order valence-corrected chi connectivity index (χ1v) is 7.60. The van der Waals surface area contributed by atoms with Crippen molar-refractivity contribution in [2.24, 2.45) is 5.92 Å². The summed E-state index contributed by atoms with van der Waals surface area (Å²) in [6, 6.07) is 14.1. The molecule has 0 N–H and O–H groups in total. The third kappa shape index (κ3) is 3.18. The minimum Gasteiger partial charge on any atom is -0.469 e. The van der Waals surface area contributed by atoms with E-state index in [1.165, 1.54) is 5.56 Å². The molecule has 1 saturated heterocycles.